The Hall–Kier alpha value is -1.68. The highest BCUT2D eigenvalue weighted by atomic mass is 15.4. The van der Waals surface area contributed by atoms with Gasteiger partial charge in [-0.2, -0.15) is 0 Å². The zero-order valence-electron chi connectivity index (χ0n) is 12.0. The van der Waals surface area contributed by atoms with E-state index < -0.39 is 0 Å². The second-order valence-corrected chi connectivity index (χ2v) is 5.46. The van der Waals surface area contributed by atoms with Crippen LogP contribution >= 0.6 is 0 Å². The largest absolute Gasteiger partial charge is 0.308 e. The summed E-state index contributed by atoms with van der Waals surface area (Å²) in [6.45, 7) is 3.84. The van der Waals surface area contributed by atoms with Gasteiger partial charge in [-0.25, -0.2) is 4.68 Å². The quantitative estimate of drug-likeness (QED) is 0.867. The van der Waals surface area contributed by atoms with Crippen LogP contribution in [0.3, 0.4) is 0 Å². The highest BCUT2D eigenvalue weighted by molar-refractivity contribution is 5.28. The van der Waals surface area contributed by atoms with Gasteiger partial charge in [0.2, 0.25) is 0 Å². The van der Waals surface area contributed by atoms with Crippen LogP contribution in [0, 0.1) is 0 Å². The van der Waals surface area contributed by atoms with Crippen molar-refractivity contribution < 1.29 is 0 Å². The van der Waals surface area contributed by atoms with Gasteiger partial charge in [-0.15, -0.1) is 5.10 Å². The summed E-state index contributed by atoms with van der Waals surface area (Å²) in [7, 11) is 0. The molecule has 0 unspecified atom stereocenters. The maximum Gasteiger partial charge on any atom is 0.0738 e. The molecule has 0 radical (unpaired) electrons. The van der Waals surface area contributed by atoms with Gasteiger partial charge >= 0.3 is 0 Å². The number of benzene rings is 1. The molecule has 106 valence electrons. The number of aromatic nitrogens is 3. The van der Waals surface area contributed by atoms with Crippen molar-refractivity contribution in [3.63, 3.8) is 0 Å². The summed E-state index contributed by atoms with van der Waals surface area (Å²) < 4.78 is 1.96. The lowest BCUT2D eigenvalue weighted by Gasteiger charge is -2.16. The Bertz CT molecular complexity index is 534. The molecule has 4 nitrogen and oxygen atoms in total. The van der Waals surface area contributed by atoms with E-state index in [0.717, 1.165) is 13.1 Å². The summed E-state index contributed by atoms with van der Waals surface area (Å²) >= 11 is 0. The number of nitrogens with zero attached hydrogens (tertiary/aromatic N) is 3. The van der Waals surface area contributed by atoms with Crippen LogP contribution in [0.15, 0.2) is 30.5 Å². The zero-order chi connectivity index (χ0) is 13.8. The van der Waals surface area contributed by atoms with Crippen molar-refractivity contribution in [3.8, 4) is 0 Å². The molecule has 20 heavy (non-hydrogen) atoms. The molecule has 3 rings (SSSR count). The minimum absolute atomic E-state index is 0.586. The van der Waals surface area contributed by atoms with Gasteiger partial charge in [-0.05, 0) is 43.7 Å². The second-order valence-electron chi connectivity index (χ2n) is 5.46. The predicted molar refractivity (Wildman–Crippen MR) is 79.4 cm³/mol. The first-order valence-electron chi connectivity index (χ1n) is 7.54. The summed E-state index contributed by atoms with van der Waals surface area (Å²) in [5.74, 6) is 0. The molecule has 0 bridgehead atoms. The zero-order valence-corrected chi connectivity index (χ0v) is 12.0. The van der Waals surface area contributed by atoms with E-state index in [-0.39, 0.29) is 0 Å². The average molecular weight is 270 g/mol. The minimum atomic E-state index is 0.586. The first-order chi connectivity index (χ1) is 9.86. The molecule has 0 atom stereocenters. The normalized spacial score (nSPS) is 15.8. The summed E-state index contributed by atoms with van der Waals surface area (Å²) in [6.07, 6.45) is 6.65. The van der Waals surface area contributed by atoms with Gasteiger partial charge in [0.15, 0.2) is 0 Å². The standard InChI is InChI=1S/C16H22N4/c1-2-20-16(12-18-19-20)11-17-15-9-7-13-5-3-4-6-14(13)8-10-15/h3-6,12,15,17H,2,7-11H2,1H3. The Kier molecular flexibility index (Phi) is 4.11. The second kappa shape index (κ2) is 6.18. The number of hydrogen-bond acceptors (Lipinski definition) is 3. The molecule has 2 aromatic rings. The SMILES string of the molecule is CCn1nncc1CNC1CCc2ccccc2CC1. The van der Waals surface area contributed by atoms with Crippen molar-refractivity contribution in [1.82, 2.24) is 20.3 Å². The van der Waals surface area contributed by atoms with Crippen molar-refractivity contribution in [1.29, 1.82) is 0 Å². The molecular weight excluding hydrogens is 248 g/mol. The van der Waals surface area contributed by atoms with Gasteiger partial charge in [0.05, 0.1) is 11.9 Å². The summed E-state index contributed by atoms with van der Waals surface area (Å²) in [5, 5.41) is 11.7. The van der Waals surface area contributed by atoms with Crippen molar-refractivity contribution in [2.45, 2.75) is 51.7 Å². The predicted octanol–water partition coefficient (Wildman–Crippen LogP) is 2.34. The first kappa shape index (κ1) is 13.3. The lowest BCUT2D eigenvalue weighted by molar-refractivity contribution is 0.448. The van der Waals surface area contributed by atoms with E-state index in [9.17, 15) is 0 Å². The summed E-state index contributed by atoms with van der Waals surface area (Å²) in [5.41, 5.74) is 4.23. The molecule has 4 heteroatoms. The van der Waals surface area contributed by atoms with Crippen LogP contribution in [0.1, 0.15) is 36.6 Å². The third-order valence-corrected chi connectivity index (χ3v) is 4.21. The van der Waals surface area contributed by atoms with Gasteiger partial charge in [0.1, 0.15) is 0 Å². The molecule has 0 amide bonds. The van der Waals surface area contributed by atoms with E-state index in [2.05, 4.69) is 46.8 Å². The van der Waals surface area contributed by atoms with Crippen molar-refractivity contribution in [2.24, 2.45) is 0 Å². The summed E-state index contributed by atoms with van der Waals surface area (Å²) in [6, 6.07) is 9.43. The average Bonchev–Trinajstić information content (AvgIpc) is 2.85. The number of hydrogen-bond donors (Lipinski definition) is 1. The molecular formula is C16H22N4. The maximum absolute atomic E-state index is 4.08. The van der Waals surface area contributed by atoms with Gasteiger partial charge in [0, 0.05) is 19.1 Å². The van der Waals surface area contributed by atoms with Gasteiger partial charge in [-0.1, -0.05) is 29.5 Å². The maximum atomic E-state index is 4.08. The van der Waals surface area contributed by atoms with Crippen LogP contribution in [0.25, 0.3) is 0 Å². The molecule has 1 N–H and O–H groups in total. The number of fused-ring (bicyclic) bond motifs is 1. The molecule has 1 aliphatic carbocycles. The van der Waals surface area contributed by atoms with E-state index >= 15 is 0 Å². The lowest BCUT2D eigenvalue weighted by atomic mass is 10.0. The molecule has 1 heterocycles. The number of nitrogens with one attached hydrogen (secondary N) is 1. The highest BCUT2D eigenvalue weighted by Crippen LogP contribution is 2.20. The van der Waals surface area contributed by atoms with Crippen molar-refractivity contribution in [2.75, 3.05) is 0 Å². The van der Waals surface area contributed by atoms with E-state index in [1.807, 2.05) is 10.9 Å². The van der Waals surface area contributed by atoms with E-state index in [1.54, 1.807) is 0 Å². The van der Waals surface area contributed by atoms with Gasteiger partial charge in [-0.3, -0.25) is 0 Å². The molecule has 0 spiro atoms. The number of rotatable bonds is 4. The van der Waals surface area contributed by atoms with Crippen molar-refractivity contribution >= 4 is 0 Å². The molecule has 0 saturated carbocycles. The van der Waals surface area contributed by atoms with Crippen molar-refractivity contribution in [3.05, 3.63) is 47.3 Å². The van der Waals surface area contributed by atoms with Crippen LogP contribution in [0.2, 0.25) is 0 Å². The molecule has 1 aliphatic rings. The molecule has 1 aromatic carbocycles. The fraction of sp³-hybridized carbons (Fsp3) is 0.500. The minimum Gasteiger partial charge on any atom is -0.308 e. The molecule has 1 aromatic heterocycles. The first-order valence-corrected chi connectivity index (χ1v) is 7.54. The van der Waals surface area contributed by atoms with E-state index in [0.29, 0.717) is 6.04 Å². The van der Waals surface area contributed by atoms with Crippen LogP contribution in [-0.2, 0) is 25.9 Å². The number of aryl methyl sites for hydroxylation is 3. The Morgan fingerprint density at radius 3 is 2.55 bits per heavy atom. The fourth-order valence-electron chi connectivity index (χ4n) is 2.98. The molecule has 0 saturated heterocycles. The van der Waals surface area contributed by atoms with Crippen LogP contribution in [0.5, 0.6) is 0 Å². The lowest BCUT2D eigenvalue weighted by Crippen LogP contribution is -2.29. The van der Waals surface area contributed by atoms with Gasteiger partial charge in [0.25, 0.3) is 0 Å². The third-order valence-electron chi connectivity index (χ3n) is 4.21. The highest BCUT2D eigenvalue weighted by Gasteiger charge is 2.15. The fourth-order valence-corrected chi connectivity index (χ4v) is 2.98. The Morgan fingerprint density at radius 2 is 1.90 bits per heavy atom. The smallest absolute Gasteiger partial charge is 0.0738 e. The Balaban J connectivity index is 1.58. The van der Waals surface area contributed by atoms with Crippen LogP contribution < -0.4 is 5.32 Å². The van der Waals surface area contributed by atoms with Gasteiger partial charge < -0.3 is 5.32 Å². The van der Waals surface area contributed by atoms with E-state index in [4.69, 9.17) is 0 Å². The monoisotopic (exact) mass is 270 g/mol. The topological polar surface area (TPSA) is 42.7 Å². The van der Waals surface area contributed by atoms with Crippen LogP contribution in [-0.4, -0.2) is 21.0 Å². The molecule has 0 fully saturated rings. The van der Waals surface area contributed by atoms with Crippen LogP contribution in [0.4, 0.5) is 0 Å². The third kappa shape index (κ3) is 2.90. The summed E-state index contributed by atoms with van der Waals surface area (Å²) in [4.78, 5) is 0. The Labute approximate surface area is 120 Å². The molecule has 0 aliphatic heterocycles. The Morgan fingerprint density at radius 1 is 1.20 bits per heavy atom. The van der Waals surface area contributed by atoms with E-state index in [1.165, 1.54) is 42.5 Å².